The molecule has 0 bridgehead atoms. The smallest absolute Gasteiger partial charge is 0.248 e. The van der Waals surface area contributed by atoms with Gasteiger partial charge in [0.15, 0.2) is 0 Å². The molecule has 0 unspecified atom stereocenters. The highest BCUT2D eigenvalue weighted by Gasteiger charge is 2.20. The number of hydrogen-bond acceptors (Lipinski definition) is 4. The van der Waals surface area contributed by atoms with Crippen LogP contribution >= 0.6 is 0 Å². The SMILES string of the molecule is CCCOCC(=O)N1CCN(CC#N)CC1. The fourth-order valence-electron chi connectivity index (χ4n) is 1.65. The molecule has 0 aromatic rings. The molecule has 0 saturated carbocycles. The number of nitriles is 1. The van der Waals surface area contributed by atoms with Gasteiger partial charge in [-0.2, -0.15) is 5.26 Å². The Kier molecular flexibility index (Phi) is 5.83. The van der Waals surface area contributed by atoms with Crippen LogP contribution in [0.5, 0.6) is 0 Å². The molecule has 1 heterocycles. The van der Waals surface area contributed by atoms with Crippen molar-refractivity contribution in [2.75, 3.05) is 45.9 Å². The van der Waals surface area contributed by atoms with E-state index in [4.69, 9.17) is 10.00 Å². The van der Waals surface area contributed by atoms with Gasteiger partial charge in [-0.1, -0.05) is 6.92 Å². The van der Waals surface area contributed by atoms with Gasteiger partial charge in [0.05, 0.1) is 12.6 Å². The van der Waals surface area contributed by atoms with E-state index in [9.17, 15) is 4.79 Å². The lowest BCUT2D eigenvalue weighted by Gasteiger charge is -2.33. The molecule has 0 aromatic carbocycles. The Bertz CT molecular complexity index is 254. The van der Waals surface area contributed by atoms with Crippen LogP contribution < -0.4 is 0 Å². The number of piperazine rings is 1. The third-order valence-corrected chi connectivity index (χ3v) is 2.59. The van der Waals surface area contributed by atoms with Gasteiger partial charge in [0, 0.05) is 32.8 Å². The average Bonchev–Trinajstić information content (AvgIpc) is 2.30. The van der Waals surface area contributed by atoms with Gasteiger partial charge in [0.1, 0.15) is 6.61 Å². The minimum Gasteiger partial charge on any atom is -0.372 e. The quantitative estimate of drug-likeness (QED) is 0.491. The summed E-state index contributed by atoms with van der Waals surface area (Å²) in [6.45, 7) is 6.28. The van der Waals surface area contributed by atoms with Crippen LogP contribution in [-0.2, 0) is 9.53 Å². The van der Waals surface area contributed by atoms with Gasteiger partial charge in [0.25, 0.3) is 0 Å². The summed E-state index contributed by atoms with van der Waals surface area (Å²) in [5.41, 5.74) is 0. The summed E-state index contributed by atoms with van der Waals surface area (Å²) in [7, 11) is 0. The second-order valence-corrected chi connectivity index (χ2v) is 3.87. The van der Waals surface area contributed by atoms with E-state index in [-0.39, 0.29) is 12.5 Å². The van der Waals surface area contributed by atoms with Gasteiger partial charge in [-0.05, 0) is 6.42 Å². The van der Waals surface area contributed by atoms with Gasteiger partial charge in [0.2, 0.25) is 5.91 Å². The highest BCUT2D eigenvalue weighted by atomic mass is 16.5. The molecule has 5 nitrogen and oxygen atoms in total. The lowest BCUT2D eigenvalue weighted by molar-refractivity contribution is -0.137. The van der Waals surface area contributed by atoms with E-state index in [0.717, 1.165) is 19.5 Å². The highest BCUT2D eigenvalue weighted by Crippen LogP contribution is 2.01. The van der Waals surface area contributed by atoms with Crippen molar-refractivity contribution in [2.45, 2.75) is 13.3 Å². The summed E-state index contributed by atoms with van der Waals surface area (Å²) >= 11 is 0. The summed E-state index contributed by atoms with van der Waals surface area (Å²) in [4.78, 5) is 15.5. The molecule has 1 rings (SSSR count). The van der Waals surface area contributed by atoms with Crippen molar-refractivity contribution in [3.63, 3.8) is 0 Å². The van der Waals surface area contributed by atoms with Crippen LogP contribution in [0.2, 0.25) is 0 Å². The number of carbonyl (C=O) groups excluding carboxylic acids is 1. The monoisotopic (exact) mass is 225 g/mol. The summed E-state index contributed by atoms with van der Waals surface area (Å²) in [6, 6.07) is 2.12. The zero-order valence-electron chi connectivity index (χ0n) is 9.81. The molecule has 5 heteroatoms. The first-order valence-electron chi connectivity index (χ1n) is 5.72. The zero-order valence-corrected chi connectivity index (χ0v) is 9.81. The largest absolute Gasteiger partial charge is 0.372 e. The van der Waals surface area contributed by atoms with Crippen LogP contribution in [0.25, 0.3) is 0 Å². The van der Waals surface area contributed by atoms with Crippen molar-refractivity contribution in [3.05, 3.63) is 0 Å². The Labute approximate surface area is 96.6 Å². The molecule has 0 radical (unpaired) electrons. The van der Waals surface area contributed by atoms with Crippen molar-refractivity contribution in [2.24, 2.45) is 0 Å². The summed E-state index contributed by atoms with van der Waals surface area (Å²) in [5, 5.41) is 8.54. The lowest BCUT2D eigenvalue weighted by Crippen LogP contribution is -2.49. The van der Waals surface area contributed by atoms with Crippen LogP contribution in [0, 0.1) is 11.3 Å². The third kappa shape index (κ3) is 4.17. The predicted molar refractivity (Wildman–Crippen MR) is 59.7 cm³/mol. The molecule has 0 N–H and O–H groups in total. The number of nitrogens with zero attached hydrogens (tertiary/aromatic N) is 3. The lowest BCUT2D eigenvalue weighted by atomic mass is 10.3. The molecule has 0 aromatic heterocycles. The normalized spacial score (nSPS) is 17.1. The molecule has 1 aliphatic rings. The van der Waals surface area contributed by atoms with Gasteiger partial charge >= 0.3 is 0 Å². The van der Waals surface area contributed by atoms with Crippen molar-refractivity contribution in [3.8, 4) is 6.07 Å². The maximum Gasteiger partial charge on any atom is 0.248 e. The molecule has 1 saturated heterocycles. The van der Waals surface area contributed by atoms with Gasteiger partial charge in [-0.25, -0.2) is 0 Å². The molecule has 16 heavy (non-hydrogen) atoms. The van der Waals surface area contributed by atoms with Crippen molar-refractivity contribution in [1.82, 2.24) is 9.80 Å². The minimum absolute atomic E-state index is 0.0602. The van der Waals surface area contributed by atoms with Crippen molar-refractivity contribution < 1.29 is 9.53 Å². The first kappa shape index (κ1) is 12.9. The topological polar surface area (TPSA) is 56.6 Å². The summed E-state index contributed by atoms with van der Waals surface area (Å²) in [5.74, 6) is 0.0602. The van der Waals surface area contributed by atoms with E-state index in [0.29, 0.717) is 26.2 Å². The Morgan fingerprint density at radius 2 is 2.06 bits per heavy atom. The standard InChI is InChI=1S/C11H19N3O2/c1-2-9-16-10-11(15)14-7-5-13(4-3-12)6-8-14/h2,4-10H2,1H3. The number of carbonyl (C=O) groups is 1. The van der Waals surface area contributed by atoms with Gasteiger partial charge in [-0.3, -0.25) is 9.69 Å². The van der Waals surface area contributed by atoms with E-state index in [2.05, 4.69) is 11.0 Å². The first-order valence-corrected chi connectivity index (χ1v) is 5.72. The molecule has 0 aliphatic carbocycles. The third-order valence-electron chi connectivity index (χ3n) is 2.59. The molecular formula is C11H19N3O2. The number of ether oxygens (including phenoxy) is 1. The Balaban J connectivity index is 2.20. The minimum atomic E-state index is 0.0602. The molecular weight excluding hydrogens is 206 g/mol. The average molecular weight is 225 g/mol. The Hall–Kier alpha value is -1.12. The second kappa shape index (κ2) is 7.20. The van der Waals surface area contributed by atoms with Crippen LogP contribution in [0.3, 0.4) is 0 Å². The van der Waals surface area contributed by atoms with E-state index < -0.39 is 0 Å². The van der Waals surface area contributed by atoms with Crippen molar-refractivity contribution in [1.29, 1.82) is 5.26 Å². The predicted octanol–water partition coefficient (Wildman–Crippen LogP) is 0.0808. The van der Waals surface area contributed by atoms with E-state index >= 15 is 0 Å². The summed E-state index contributed by atoms with van der Waals surface area (Å²) < 4.78 is 5.21. The molecule has 1 amide bonds. The Morgan fingerprint density at radius 1 is 1.38 bits per heavy atom. The van der Waals surface area contributed by atoms with Gasteiger partial charge < -0.3 is 9.64 Å². The second-order valence-electron chi connectivity index (χ2n) is 3.87. The van der Waals surface area contributed by atoms with E-state index in [1.165, 1.54) is 0 Å². The first-order chi connectivity index (χ1) is 7.77. The van der Waals surface area contributed by atoms with Crippen LogP contribution in [-0.4, -0.2) is 61.6 Å². The van der Waals surface area contributed by atoms with Crippen LogP contribution in [0.1, 0.15) is 13.3 Å². The van der Waals surface area contributed by atoms with Crippen molar-refractivity contribution >= 4 is 5.91 Å². The highest BCUT2D eigenvalue weighted by molar-refractivity contribution is 5.77. The number of rotatable bonds is 5. The van der Waals surface area contributed by atoms with E-state index in [1.54, 1.807) is 0 Å². The fourth-order valence-corrected chi connectivity index (χ4v) is 1.65. The number of hydrogen-bond donors (Lipinski definition) is 0. The van der Waals surface area contributed by atoms with Crippen LogP contribution in [0.15, 0.2) is 0 Å². The maximum atomic E-state index is 11.7. The van der Waals surface area contributed by atoms with Crippen LogP contribution in [0.4, 0.5) is 0 Å². The molecule has 1 aliphatic heterocycles. The van der Waals surface area contributed by atoms with Gasteiger partial charge in [-0.15, -0.1) is 0 Å². The van der Waals surface area contributed by atoms with E-state index in [1.807, 2.05) is 11.8 Å². The molecule has 0 atom stereocenters. The zero-order chi connectivity index (χ0) is 11.8. The molecule has 90 valence electrons. The fraction of sp³-hybridized carbons (Fsp3) is 0.818. The number of amides is 1. The molecule has 0 spiro atoms. The maximum absolute atomic E-state index is 11.7. The Morgan fingerprint density at radius 3 is 2.62 bits per heavy atom. The molecule has 1 fully saturated rings. The summed E-state index contributed by atoms with van der Waals surface area (Å²) in [6.07, 6.45) is 0.934.